The van der Waals surface area contributed by atoms with E-state index in [0.29, 0.717) is 0 Å². The van der Waals surface area contributed by atoms with E-state index >= 15 is 0 Å². The Kier molecular flexibility index (Phi) is 7.59. The van der Waals surface area contributed by atoms with Crippen molar-refractivity contribution >= 4 is 29.1 Å². The van der Waals surface area contributed by atoms with Gasteiger partial charge in [-0.15, -0.1) is 0 Å². The molecule has 1 aliphatic carbocycles. The molecule has 1 atom stereocenters. The molecule has 0 aromatic heterocycles. The van der Waals surface area contributed by atoms with Gasteiger partial charge >= 0.3 is 0 Å². The highest BCUT2D eigenvalue weighted by Gasteiger charge is 2.27. The van der Waals surface area contributed by atoms with Crippen LogP contribution in [0, 0.1) is 16.0 Å². The van der Waals surface area contributed by atoms with Gasteiger partial charge in [0.2, 0.25) is 5.91 Å². The lowest BCUT2D eigenvalue weighted by Gasteiger charge is -2.25. The number of nitrogens with one attached hydrogen (secondary N) is 2. The van der Waals surface area contributed by atoms with Gasteiger partial charge in [-0.25, -0.2) is 0 Å². The van der Waals surface area contributed by atoms with Crippen molar-refractivity contribution in [1.82, 2.24) is 10.6 Å². The number of carbonyl (C=O) groups is 2. The Balaban J connectivity index is 2.08. The molecular weight excluding hydrogens is 370 g/mol. The van der Waals surface area contributed by atoms with E-state index in [9.17, 15) is 19.7 Å². The van der Waals surface area contributed by atoms with Gasteiger partial charge in [0, 0.05) is 17.7 Å². The predicted octanol–water partition coefficient (Wildman–Crippen LogP) is 3.84. The number of nitro groups is 1. The van der Waals surface area contributed by atoms with Crippen molar-refractivity contribution in [2.24, 2.45) is 5.92 Å². The highest BCUT2D eigenvalue weighted by atomic mass is 35.5. The summed E-state index contributed by atoms with van der Waals surface area (Å²) in [4.78, 5) is 35.6. The first-order valence-corrected chi connectivity index (χ1v) is 9.72. The maximum atomic E-state index is 12.7. The average molecular weight is 396 g/mol. The second kappa shape index (κ2) is 9.69. The molecule has 0 saturated heterocycles. The van der Waals surface area contributed by atoms with Crippen LogP contribution < -0.4 is 10.6 Å². The number of amides is 2. The molecule has 2 amide bonds. The number of nitro benzene ring substituents is 1. The molecule has 1 aromatic rings. The lowest BCUT2D eigenvalue weighted by Crippen LogP contribution is -2.52. The summed E-state index contributed by atoms with van der Waals surface area (Å²) in [5.74, 6) is -0.875. The Labute approximate surface area is 164 Å². The summed E-state index contributed by atoms with van der Waals surface area (Å²) >= 11 is 5.79. The fraction of sp³-hybridized carbons (Fsp3) is 0.579. The number of carbonyl (C=O) groups excluding carboxylic acids is 2. The van der Waals surface area contributed by atoms with Gasteiger partial charge in [0.1, 0.15) is 11.1 Å². The van der Waals surface area contributed by atoms with E-state index in [-0.39, 0.29) is 34.1 Å². The Hall–Kier alpha value is -2.15. The van der Waals surface area contributed by atoms with E-state index < -0.39 is 16.9 Å². The molecule has 1 aromatic carbocycles. The summed E-state index contributed by atoms with van der Waals surface area (Å²) in [6.07, 6.45) is 6.47. The first-order valence-electron chi connectivity index (χ1n) is 9.34. The molecule has 148 valence electrons. The van der Waals surface area contributed by atoms with Crippen LogP contribution in [0.5, 0.6) is 0 Å². The molecule has 0 heterocycles. The van der Waals surface area contributed by atoms with Crippen LogP contribution in [-0.2, 0) is 4.79 Å². The van der Waals surface area contributed by atoms with Crippen molar-refractivity contribution < 1.29 is 14.5 Å². The fourth-order valence-corrected chi connectivity index (χ4v) is 3.45. The minimum absolute atomic E-state index is 0.0388. The molecule has 0 radical (unpaired) electrons. The standard InChI is InChI=1S/C19H26ClN3O4/c1-12(2)17(19(25)21-14-7-5-3-4-6-8-14)22-18(24)13-9-10-15(20)16(11-13)23(26)27/h9-12,14,17H,3-8H2,1-2H3,(H,21,25)(H,22,24)/t17-/m0/s1. The van der Waals surface area contributed by atoms with Gasteiger partial charge in [-0.1, -0.05) is 51.1 Å². The second-order valence-electron chi connectivity index (χ2n) is 7.32. The highest BCUT2D eigenvalue weighted by molar-refractivity contribution is 6.32. The number of nitrogens with zero attached hydrogens (tertiary/aromatic N) is 1. The van der Waals surface area contributed by atoms with Crippen LogP contribution in [0.25, 0.3) is 0 Å². The van der Waals surface area contributed by atoms with E-state index in [2.05, 4.69) is 10.6 Å². The van der Waals surface area contributed by atoms with Crippen LogP contribution in [-0.4, -0.2) is 28.8 Å². The molecule has 7 nitrogen and oxygen atoms in total. The van der Waals surface area contributed by atoms with Crippen LogP contribution in [0.2, 0.25) is 5.02 Å². The smallest absolute Gasteiger partial charge is 0.288 e. The zero-order chi connectivity index (χ0) is 20.0. The first kappa shape index (κ1) is 21.2. The SMILES string of the molecule is CC(C)[C@H](NC(=O)c1ccc(Cl)c([N+](=O)[O-])c1)C(=O)NC1CCCCCC1. The van der Waals surface area contributed by atoms with Crippen molar-refractivity contribution in [3.63, 3.8) is 0 Å². The second-order valence-corrected chi connectivity index (χ2v) is 7.72. The van der Waals surface area contributed by atoms with Crippen LogP contribution in [0.4, 0.5) is 5.69 Å². The van der Waals surface area contributed by atoms with E-state index in [1.807, 2.05) is 13.8 Å². The van der Waals surface area contributed by atoms with Gasteiger partial charge in [-0.05, 0) is 30.9 Å². The van der Waals surface area contributed by atoms with Crippen molar-refractivity contribution in [2.45, 2.75) is 64.5 Å². The third kappa shape index (κ3) is 5.92. The normalized spacial score (nSPS) is 16.4. The number of halogens is 1. The molecule has 8 heteroatoms. The molecular formula is C19H26ClN3O4. The molecule has 0 unspecified atom stereocenters. The third-order valence-corrected chi connectivity index (χ3v) is 5.16. The molecule has 2 N–H and O–H groups in total. The van der Waals surface area contributed by atoms with Crippen molar-refractivity contribution in [3.8, 4) is 0 Å². The largest absolute Gasteiger partial charge is 0.352 e. The maximum Gasteiger partial charge on any atom is 0.288 e. The van der Waals surface area contributed by atoms with E-state index in [4.69, 9.17) is 11.6 Å². The summed E-state index contributed by atoms with van der Waals surface area (Å²) in [6.45, 7) is 3.70. The highest BCUT2D eigenvalue weighted by Crippen LogP contribution is 2.25. The number of hydrogen-bond donors (Lipinski definition) is 2. The number of benzene rings is 1. The molecule has 0 aliphatic heterocycles. The summed E-state index contributed by atoms with van der Waals surface area (Å²) < 4.78 is 0. The average Bonchev–Trinajstić information content (AvgIpc) is 2.87. The number of hydrogen-bond acceptors (Lipinski definition) is 4. The molecule has 0 bridgehead atoms. The van der Waals surface area contributed by atoms with Crippen LogP contribution >= 0.6 is 11.6 Å². The summed E-state index contributed by atoms with van der Waals surface area (Å²) in [5.41, 5.74) is -0.243. The molecule has 1 fully saturated rings. The van der Waals surface area contributed by atoms with Gasteiger partial charge in [0.05, 0.1) is 4.92 Å². The van der Waals surface area contributed by atoms with E-state index in [1.165, 1.54) is 25.0 Å². The predicted molar refractivity (Wildman–Crippen MR) is 104 cm³/mol. The van der Waals surface area contributed by atoms with Crippen molar-refractivity contribution in [1.29, 1.82) is 0 Å². The zero-order valence-electron chi connectivity index (χ0n) is 15.7. The zero-order valence-corrected chi connectivity index (χ0v) is 16.4. The van der Waals surface area contributed by atoms with Gasteiger partial charge in [0.15, 0.2) is 0 Å². The Morgan fingerprint density at radius 3 is 2.37 bits per heavy atom. The first-order chi connectivity index (χ1) is 12.8. The fourth-order valence-electron chi connectivity index (χ4n) is 3.27. The Morgan fingerprint density at radius 1 is 1.19 bits per heavy atom. The summed E-state index contributed by atoms with van der Waals surface area (Å²) in [6, 6.07) is 3.26. The summed E-state index contributed by atoms with van der Waals surface area (Å²) in [7, 11) is 0. The molecule has 1 saturated carbocycles. The van der Waals surface area contributed by atoms with Gasteiger partial charge in [0.25, 0.3) is 11.6 Å². The lowest BCUT2D eigenvalue weighted by atomic mass is 10.0. The van der Waals surface area contributed by atoms with Gasteiger partial charge in [-0.2, -0.15) is 0 Å². The minimum Gasteiger partial charge on any atom is -0.352 e. The molecule has 27 heavy (non-hydrogen) atoms. The van der Waals surface area contributed by atoms with Crippen LogP contribution in [0.15, 0.2) is 18.2 Å². The van der Waals surface area contributed by atoms with Crippen molar-refractivity contribution in [3.05, 3.63) is 38.9 Å². The van der Waals surface area contributed by atoms with Crippen molar-refractivity contribution in [2.75, 3.05) is 0 Å². The summed E-state index contributed by atoms with van der Waals surface area (Å²) in [5, 5.41) is 16.7. The van der Waals surface area contributed by atoms with Gasteiger partial charge in [-0.3, -0.25) is 19.7 Å². The third-order valence-electron chi connectivity index (χ3n) is 4.84. The topological polar surface area (TPSA) is 101 Å². The monoisotopic (exact) mass is 395 g/mol. The van der Waals surface area contributed by atoms with E-state index in [0.717, 1.165) is 31.7 Å². The number of rotatable bonds is 6. The Bertz CT molecular complexity index is 700. The molecule has 0 spiro atoms. The molecule has 1 aliphatic rings. The van der Waals surface area contributed by atoms with Gasteiger partial charge < -0.3 is 10.6 Å². The lowest BCUT2D eigenvalue weighted by molar-refractivity contribution is -0.384. The van der Waals surface area contributed by atoms with E-state index in [1.54, 1.807) is 0 Å². The quantitative estimate of drug-likeness (QED) is 0.434. The van der Waals surface area contributed by atoms with Crippen LogP contribution in [0.1, 0.15) is 62.7 Å². The van der Waals surface area contributed by atoms with Crippen LogP contribution in [0.3, 0.4) is 0 Å². The minimum atomic E-state index is -0.713. The maximum absolute atomic E-state index is 12.7. The molecule has 2 rings (SSSR count). The Morgan fingerprint density at radius 2 is 1.81 bits per heavy atom.